The Balaban J connectivity index is 1.59. The van der Waals surface area contributed by atoms with Crippen molar-refractivity contribution in [2.75, 3.05) is 25.1 Å². The molecule has 4 heteroatoms. The van der Waals surface area contributed by atoms with Crippen LogP contribution in [0.5, 0.6) is 5.75 Å². The maximum absolute atomic E-state index is 5.77. The van der Waals surface area contributed by atoms with Crippen LogP contribution in [0.1, 0.15) is 32.6 Å². The molecule has 3 rings (SSSR count). The zero-order valence-electron chi connectivity index (χ0n) is 12.1. The summed E-state index contributed by atoms with van der Waals surface area (Å²) in [5.41, 5.74) is 1.09. The third-order valence-corrected chi connectivity index (χ3v) is 4.11. The van der Waals surface area contributed by atoms with Crippen LogP contribution in [0.15, 0.2) is 24.3 Å². The Kier molecular flexibility index (Phi) is 4.13. The molecule has 1 aliphatic carbocycles. The van der Waals surface area contributed by atoms with Gasteiger partial charge in [0.1, 0.15) is 5.75 Å². The second kappa shape index (κ2) is 6.02. The van der Waals surface area contributed by atoms with E-state index in [9.17, 15) is 0 Å². The fraction of sp³-hybridized carbons (Fsp3) is 0.625. The summed E-state index contributed by atoms with van der Waals surface area (Å²) in [6, 6.07) is 8.61. The molecule has 1 aromatic carbocycles. The van der Waals surface area contributed by atoms with Crippen LogP contribution >= 0.6 is 0 Å². The van der Waals surface area contributed by atoms with Gasteiger partial charge in [-0.2, -0.15) is 0 Å². The van der Waals surface area contributed by atoms with Gasteiger partial charge in [-0.1, -0.05) is 12.1 Å². The van der Waals surface area contributed by atoms with Crippen molar-refractivity contribution in [2.45, 2.75) is 44.4 Å². The molecule has 1 N–H and O–H groups in total. The number of hydrogen-bond acceptors (Lipinski definition) is 4. The van der Waals surface area contributed by atoms with E-state index in [0.29, 0.717) is 12.6 Å². The molecular weight excluding hydrogens is 254 g/mol. The van der Waals surface area contributed by atoms with Gasteiger partial charge in [-0.3, -0.25) is 0 Å². The van der Waals surface area contributed by atoms with Crippen molar-refractivity contribution in [3.8, 4) is 5.75 Å². The Bertz CT molecular complexity index is 433. The van der Waals surface area contributed by atoms with Gasteiger partial charge in [-0.15, -0.1) is 0 Å². The lowest BCUT2D eigenvalue weighted by molar-refractivity contribution is -0.177. The number of benzene rings is 1. The standard InChI is InChI=1S/C16H23NO3/c1-2-18-15-6-4-3-5-14(15)17-13-7-9-16(10-8-13)19-11-12-20-16/h3-6,13,17H,2,7-12H2,1H3. The Hall–Kier alpha value is -1.26. The highest BCUT2D eigenvalue weighted by Gasteiger charge is 2.40. The maximum atomic E-state index is 5.77. The zero-order chi connectivity index (χ0) is 13.8. The molecule has 1 aliphatic heterocycles. The van der Waals surface area contributed by atoms with Crippen molar-refractivity contribution < 1.29 is 14.2 Å². The van der Waals surface area contributed by atoms with Crippen molar-refractivity contribution in [3.05, 3.63) is 24.3 Å². The van der Waals surface area contributed by atoms with Gasteiger partial charge in [0.25, 0.3) is 0 Å². The molecule has 0 atom stereocenters. The van der Waals surface area contributed by atoms with Gasteiger partial charge >= 0.3 is 0 Å². The van der Waals surface area contributed by atoms with E-state index in [1.807, 2.05) is 25.1 Å². The van der Waals surface area contributed by atoms with Crippen LogP contribution in [0.25, 0.3) is 0 Å². The predicted molar refractivity (Wildman–Crippen MR) is 78.1 cm³/mol. The molecule has 1 aromatic rings. The van der Waals surface area contributed by atoms with Crippen LogP contribution in [0, 0.1) is 0 Å². The van der Waals surface area contributed by atoms with Crippen molar-refractivity contribution in [1.82, 2.24) is 0 Å². The fourth-order valence-corrected chi connectivity index (χ4v) is 3.07. The maximum Gasteiger partial charge on any atom is 0.168 e. The molecule has 4 nitrogen and oxygen atoms in total. The van der Waals surface area contributed by atoms with E-state index < -0.39 is 0 Å². The van der Waals surface area contributed by atoms with Crippen LogP contribution in [0.2, 0.25) is 0 Å². The molecular formula is C16H23NO3. The molecule has 2 aliphatic rings. The summed E-state index contributed by atoms with van der Waals surface area (Å²) in [5.74, 6) is 0.654. The van der Waals surface area contributed by atoms with Crippen LogP contribution in [-0.4, -0.2) is 31.6 Å². The molecule has 0 bridgehead atoms. The number of hydrogen-bond donors (Lipinski definition) is 1. The highest BCUT2D eigenvalue weighted by atomic mass is 16.7. The molecule has 1 saturated heterocycles. The Morgan fingerprint density at radius 3 is 2.60 bits per heavy atom. The minimum atomic E-state index is -0.280. The zero-order valence-corrected chi connectivity index (χ0v) is 12.1. The lowest BCUT2D eigenvalue weighted by atomic mass is 9.90. The lowest BCUT2D eigenvalue weighted by Gasteiger charge is -2.36. The normalized spacial score (nSPS) is 22.1. The van der Waals surface area contributed by atoms with E-state index in [-0.39, 0.29) is 5.79 Å². The first-order chi connectivity index (χ1) is 9.81. The van der Waals surface area contributed by atoms with E-state index in [1.165, 1.54) is 0 Å². The predicted octanol–water partition coefficient (Wildman–Crippen LogP) is 3.18. The minimum absolute atomic E-state index is 0.280. The summed E-state index contributed by atoms with van der Waals surface area (Å²) >= 11 is 0. The van der Waals surface area contributed by atoms with E-state index in [0.717, 1.165) is 50.3 Å². The van der Waals surface area contributed by atoms with Crippen molar-refractivity contribution in [3.63, 3.8) is 0 Å². The molecule has 0 unspecified atom stereocenters. The smallest absolute Gasteiger partial charge is 0.168 e. The first-order valence-corrected chi connectivity index (χ1v) is 7.58. The van der Waals surface area contributed by atoms with Crippen LogP contribution in [0.4, 0.5) is 5.69 Å². The molecule has 2 fully saturated rings. The second-order valence-electron chi connectivity index (χ2n) is 5.46. The van der Waals surface area contributed by atoms with Gasteiger partial charge in [0.05, 0.1) is 25.5 Å². The summed E-state index contributed by atoms with van der Waals surface area (Å²) in [7, 11) is 0. The van der Waals surface area contributed by atoms with E-state index in [1.54, 1.807) is 0 Å². The second-order valence-corrected chi connectivity index (χ2v) is 5.46. The van der Waals surface area contributed by atoms with Crippen molar-refractivity contribution >= 4 is 5.69 Å². The topological polar surface area (TPSA) is 39.7 Å². The third-order valence-electron chi connectivity index (χ3n) is 4.11. The third kappa shape index (κ3) is 2.91. The molecule has 0 aromatic heterocycles. The van der Waals surface area contributed by atoms with Crippen LogP contribution < -0.4 is 10.1 Å². The number of nitrogens with one attached hydrogen (secondary N) is 1. The monoisotopic (exact) mass is 277 g/mol. The molecule has 20 heavy (non-hydrogen) atoms. The summed E-state index contributed by atoms with van der Waals surface area (Å²) in [6.45, 7) is 4.18. The Labute approximate surface area is 120 Å². The number of para-hydroxylation sites is 2. The Morgan fingerprint density at radius 2 is 1.90 bits per heavy atom. The van der Waals surface area contributed by atoms with Crippen LogP contribution in [0.3, 0.4) is 0 Å². The summed E-state index contributed by atoms with van der Waals surface area (Å²) in [4.78, 5) is 0. The van der Waals surface area contributed by atoms with Gasteiger partial charge < -0.3 is 19.5 Å². The fourth-order valence-electron chi connectivity index (χ4n) is 3.07. The van der Waals surface area contributed by atoms with Crippen molar-refractivity contribution in [1.29, 1.82) is 0 Å². The highest BCUT2D eigenvalue weighted by molar-refractivity contribution is 5.56. The van der Waals surface area contributed by atoms with E-state index in [4.69, 9.17) is 14.2 Å². The van der Waals surface area contributed by atoms with Crippen molar-refractivity contribution in [2.24, 2.45) is 0 Å². The summed E-state index contributed by atoms with van der Waals surface area (Å²) < 4.78 is 17.2. The van der Waals surface area contributed by atoms with Gasteiger partial charge in [0, 0.05) is 18.9 Å². The molecule has 1 saturated carbocycles. The van der Waals surface area contributed by atoms with Gasteiger partial charge in [-0.05, 0) is 31.9 Å². The molecule has 0 amide bonds. The molecule has 1 spiro atoms. The molecule has 110 valence electrons. The summed E-state index contributed by atoms with van der Waals surface area (Å²) in [6.07, 6.45) is 4.09. The quantitative estimate of drug-likeness (QED) is 0.917. The molecule has 1 heterocycles. The first kappa shape index (κ1) is 13.7. The minimum Gasteiger partial charge on any atom is -0.492 e. The number of rotatable bonds is 4. The molecule has 0 radical (unpaired) electrons. The van der Waals surface area contributed by atoms with Crippen LogP contribution in [-0.2, 0) is 9.47 Å². The SMILES string of the molecule is CCOc1ccccc1NC1CCC2(CC1)OCCO2. The Morgan fingerprint density at radius 1 is 1.20 bits per heavy atom. The average Bonchev–Trinajstić information content (AvgIpc) is 2.92. The van der Waals surface area contributed by atoms with Gasteiger partial charge in [0.15, 0.2) is 5.79 Å². The van der Waals surface area contributed by atoms with Gasteiger partial charge in [0.2, 0.25) is 0 Å². The van der Waals surface area contributed by atoms with E-state index >= 15 is 0 Å². The van der Waals surface area contributed by atoms with E-state index in [2.05, 4.69) is 11.4 Å². The lowest BCUT2D eigenvalue weighted by Crippen LogP contribution is -2.39. The van der Waals surface area contributed by atoms with Gasteiger partial charge in [-0.25, -0.2) is 0 Å². The largest absolute Gasteiger partial charge is 0.492 e. The first-order valence-electron chi connectivity index (χ1n) is 7.58. The average molecular weight is 277 g/mol. The number of ether oxygens (including phenoxy) is 3. The number of anilines is 1. The highest BCUT2D eigenvalue weighted by Crippen LogP contribution is 2.37. The summed E-state index contributed by atoms with van der Waals surface area (Å²) in [5, 5.41) is 3.60.